The fourth-order valence-corrected chi connectivity index (χ4v) is 2.31. The van der Waals surface area contributed by atoms with Crippen molar-refractivity contribution in [1.29, 1.82) is 0 Å². The fraction of sp³-hybridized carbons (Fsp3) is 0.118. The van der Waals surface area contributed by atoms with Crippen molar-refractivity contribution in [2.45, 2.75) is 0 Å². The quantitative estimate of drug-likeness (QED) is 0.775. The number of aromatic nitrogens is 1. The van der Waals surface area contributed by atoms with Crippen molar-refractivity contribution >= 4 is 22.5 Å². The van der Waals surface area contributed by atoms with Crippen molar-refractivity contribution in [3.05, 3.63) is 54.2 Å². The minimum Gasteiger partial charge on any atom is -0.493 e. The summed E-state index contributed by atoms with van der Waals surface area (Å²) in [5.74, 6) is 0.978. The Balaban J connectivity index is 1.84. The largest absolute Gasteiger partial charge is 0.493 e. The van der Waals surface area contributed by atoms with Crippen LogP contribution in [0.5, 0.6) is 11.5 Å². The van der Waals surface area contributed by atoms with Gasteiger partial charge in [-0.2, -0.15) is 0 Å². The van der Waals surface area contributed by atoms with Crippen LogP contribution in [-0.2, 0) is 0 Å². The molecule has 112 valence electrons. The van der Waals surface area contributed by atoms with Gasteiger partial charge >= 0.3 is 0 Å². The average Bonchev–Trinajstić information content (AvgIpc) is 2.99. The number of carbonyl (C=O) groups is 1. The summed E-state index contributed by atoms with van der Waals surface area (Å²) in [6, 6.07) is 14.8. The summed E-state index contributed by atoms with van der Waals surface area (Å²) >= 11 is 0. The maximum Gasteiger partial charge on any atom is 0.272 e. The number of methoxy groups -OCH3 is 2. The Hall–Kier alpha value is -2.95. The Bertz CT molecular complexity index is 791. The lowest BCUT2D eigenvalue weighted by Crippen LogP contribution is -2.12. The van der Waals surface area contributed by atoms with Crippen LogP contribution in [0.1, 0.15) is 10.5 Å². The van der Waals surface area contributed by atoms with Crippen LogP contribution in [0.25, 0.3) is 10.9 Å². The fourth-order valence-electron chi connectivity index (χ4n) is 2.31. The summed E-state index contributed by atoms with van der Waals surface area (Å²) in [5, 5.41) is 3.84. The van der Waals surface area contributed by atoms with Crippen molar-refractivity contribution in [3.8, 4) is 11.5 Å². The minimum atomic E-state index is -0.205. The predicted molar refractivity (Wildman–Crippen MR) is 85.8 cm³/mol. The molecule has 5 nitrogen and oxygen atoms in total. The van der Waals surface area contributed by atoms with Crippen molar-refractivity contribution in [3.63, 3.8) is 0 Å². The Morgan fingerprint density at radius 3 is 2.50 bits per heavy atom. The highest BCUT2D eigenvalue weighted by Crippen LogP contribution is 2.30. The molecule has 1 aromatic heterocycles. The van der Waals surface area contributed by atoms with Crippen LogP contribution in [-0.4, -0.2) is 25.1 Å². The van der Waals surface area contributed by atoms with Gasteiger partial charge in [0.25, 0.3) is 5.91 Å². The Morgan fingerprint density at radius 1 is 1.00 bits per heavy atom. The summed E-state index contributed by atoms with van der Waals surface area (Å²) in [4.78, 5) is 15.4. The standard InChI is InChI=1S/C17H16N2O3/c1-21-15-8-7-12(10-16(15)22-2)18-17(20)14-9-11-5-3-4-6-13(11)19-14/h3-10,19H,1-2H3,(H,18,20). The van der Waals surface area contributed by atoms with Gasteiger partial charge in [-0.3, -0.25) is 4.79 Å². The van der Waals surface area contributed by atoms with Gasteiger partial charge in [-0.1, -0.05) is 18.2 Å². The van der Waals surface area contributed by atoms with E-state index in [0.717, 1.165) is 10.9 Å². The lowest BCUT2D eigenvalue weighted by molar-refractivity contribution is 0.102. The van der Waals surface area contributed by atoms with Gasteiger partial charge in [-0.15, -0.1) is 0 Å². The van der Waals surface area contributed by atoms with Gasteiger partial charge in [0.15, 0.2) is 11.5 Å². The van der Waals surface area contributed by atoms with E-state index in [4.69, 9.17) is 9.47 Å². The van der Waals surface area contributed by atoms with Gasteiger partial charge < -0.3 is 19.8 Å². The third kappa shape index (κ3) is 2.61. The van der Waals surface area contributed by atoms with E-state index < -0.39 is 0 Å². The summed E-state index contributed by atoms with van der Waals surface area (Å²) < 4.78 is 10.4. The summed E-state index contributed by atoms with van der Waals surface area (Å²) in [7, 11) is 3.13. The van der Waals surface area contributed by atoms with Gasteiger partial charge in [-0.25, -0.2) is 0 Å². The number of nitrogens with one attached hydrogen (secondary N) is 2. The van der Waals surface area contributed by atoms with E-state index in [1.54, 1.807) is 32.4 Å². The van der Waals surface area contributed by atoms with Gasteiger partial charge in [0, 0.05) is 22.7 Å². The zero-order chi connectivity index (χ0) is 15.5. The number of anilines is 1. The van der Waals surface area contributed by atoms with E-state index in [2.05, 4.69) is 10.3 Å². The van der Waals surface area contributed by atoms with Gasteiger partial charge in [0.2, 0.25) is 0 Å². The van der Waals surface area contributed by atoms with E-state index in [-0.39, 0.29) is 5.91 Å². The maximum atomic E-state index is 12.3. The van der Waals surface area contributed by atoms with E-state index in [9.17, 15) is 4.79 Å². The Morgan fingerprint density at radius 2 is 1.77 bits per heavy atom. The molecule has 0 radical (unpaired) electrons. The topological polar surface area (TPSA) is 63.3 Å². The second kappa shape index (κ2) is 5.81. The van der Waals surface area contributed by atoms with Crippen LogP contribution in [0.4, 0.5) is 5.69 Å². The third-order valence-electron chi connectivity index (χ3n) is 3.42. The molecule has 0 saturated carbocycles. The lowest BCUT2D eigenvalue weighted by Gasteiger charge is -2.10. The van der Waals surface area contributed by atoms with Crippen LogP contribution in [0.2, 0.25) is 0 Å². The number of benzene rings is 2. The highest BCUT2D eigenvalue weighted by Gasteiger charge is 2.11. The number of amides is 1. The molecule has 0 spiro atoms. The second-order valence-corrected chi connectivity index (χ2v) is 4.79. The van der Waals surface area contributed by atoms with Gasteiger partial charge in [0.05, 0.1) is 14.2 Å². The molecule has 3 rings (SSSR count). The molecule has 0 fully saturated rings. The number of ether oxygens (including phenoxy) is 2. The molecule has 3 aromatic rings. The molecule has 0 bridgehead atoms. The highest BCUT2D eigenvalue weighted by atomic mass is 16.5. The van der Waals surface area contributed by atoms with E-state index in [1.165, 1.54) is 0 Å². The highest BCUT2D eigenvalue weighted by molar-refractivity contribution is 6.06. The molecule has 22 heavy (non-hydrogen) atoms. The molecule has 0 aliphatic heterocycles. The van der Waals surface area contributed by atoms with Gasteiger partial charge in [0.1, 0.15) is 5.69 Å². The lowest BCUT2D eigenvalue weighted by atomic mass is 10.2. The molecule has 2 N–H and O–H groups in total. The SMILES string of the molecule is COc1ccc(NC(=O)c2cc3ccccc3[nH]2)cc1OC. The van der Waals surface area contributed by atoms with E-state index in [1.807, 2.05) is 30.3 Å². The number of rotatable bonds is 4. The molecule has 1 amide bonds. The van der Waals surface area contributed by atoms with Crippen molar-refractivity contribution in [2.24, 2.45) is 0 Å². The number of para-hydroxylation sites is 1. The van der Waals surface area contributed by atoms with Crippen molar-refractivity contribution < 1.29 is 14.3 Å². The summed E-state index contributed by atoms with van der Waals surface area (Å²) in [6.45, 7) is 0. The van der Waals surface area contributed by atoms with Crippen molar-refractivity contribution in [2.75, 3.05) is 19.5 Å². The van der Waals surface area contributed by atoms with Crippen LogP contribution in [0.3, 0.4) is 0 Å². The minimum absolute atomic E-state index is 0.205. The summed E-state index contributed by atoms with van der Waals surface area (Å²) in [6.07, 6.45) is 0. The molecule has 0 saturated heterocycles. The average molecular weight is 296 g/mol. The number of H-pyrrole nitrogens is 1. The first kappa shape index (κ1) is 14.0. The Kier molecular flexibility index (Phi) is 3.70. The van der Waals surface area contributed by atoms with Gasteiger partial charge in [-0.05, 0) is 24.3 Å². The third-order valence-corrected chi connectivity index (χ3v) is 3.42. The molecule has 0 unspecified atom stereocenters. The molecule has 2 aromatic carbocycles. The monoisotopic (exact) mass is 296 g/mol. The molecular formula is C17H16N2O3. The first-order valence-electron chi connectivity index (χ1n) is 6.82. The number of hydrogen-bond acceptors (Lipinski definition) is 3. The zero-order valence-corrected chi connectivity index (χ0v) is 12.3. The predicted octanol–water partition coefficient (Wildman–Crippen LogP) is 3.44. The van der Waals surface area contributed by atoms with E-state index in [0.29, 0.717) is 22.9 Å². The zero-order valence-electron chi connectivity index (χ0n) is 12.3. The first-order valence-corrected chi connectivity index (χ1v) is 6.82. The van der Waals surface area contributed by atoms with Crippen LogP contribution >= 0.6 is 0 Å². The Labute approximate surface area is 127 Å². The maximum absolute atomic E-state index is 12.3. The van der Waals surface area contributed by atoms with E-state index >= 15 is 0 Å². The molecule has 0 atom stereocenters. The van der Waals surface area contributed by atoms with Crippen LogP contribution in [0.15, 0.2) is 48.5 Å². The second-order valence-electron chi connectivity index (χ2n) is 4.79. The molecule has 5 heteroatoms. The van der Waals surface area contributed by atoms with Crippen LogP contribution < -0.4 is 14.8 Å². The number of carbonyl (C=O) groups excluding carboxylic acids is 1. The smallest absolute Gasteiger partial charge is 0.272 e. The first-order chi connectivity index (χ1) is 10.7. The molecule has 1 heterocycles. The summed E-state index contributed by atoms with van der Waals surface area (Å²) in [5.41, 5.74) is 2.08. The van der Waals surface area contributed by atoms with Crippen molar-refractivity contribution in [1.82, 2.24) is 4.98 Å². The molecule has 0 aliphatic rings. The molecular weight excluding hydrogens is 280 g/mol. The number of hydrogen-bond donors (Lipinski definition) is 2. The number of fused-ring (bicyclic) bond motifs is 1. The normalized spacial score (nSPS) is 10.5. The molecule has 0 aliphatic carbocycles. The van der Waals surface area contributed by atoms with Crippen LogP contribution in [0, 0.1) is 0 Å². The number of aromatic amines is 1.